The molecule has 3 N–H and O–H groups in total. The summed E-state index contributed by atoms with van der Waals surface area (Å²) in [6, 6.07) is 5.01. The second-order valence-electron chi connectivity index (χ2n) is 10.0. The SMILES string of the molecule is CC(C)(C)OC(=O)NCCOCCN1CCC2(CC1)CC(O)c1cc(NS(C)(=O)=O)ccc1O2. The molecule has 2 heterocycles. The van der Waals surface area contributed by atoms with Crippen molar-refractivity contribution in [3.8, 4) is 5.75 Å². The lowest BCUT2D eigenvalue weighted by Crippen LogP contribution is -2.51. The predicted molar refractivity (Wildman–Crippen MR) is 129 cm³/mol. The fraction of sp³-hybridized carbons (Fsp3) is 0.696. The highest BCUT2D eigenvalue weighted by Gasteiger charge is 2.42. The smallest absolute Gasteiger partial charge is 0.407 e. The number of aliphatic hydroxyl groups excluding tert-OH is 1. The van der Waals surface area contributed by atoms with Crippen LogP contribution in [-0.4, -0.2) is 81.4 Å². The van der Waals surface area contributed by atoms with Crippen LogP contribution in [0, 0.1) is 0 Å². The van der Waals surface area contributed by atoms with Crippen molar-refractivity contribution in [1.29, 1.82) is 0 Å². The van der Waals surface area contributed by atoms with E-state index in [2.05, 4.69) is 14.9 Å². The molecule has 0 aliphatic carbocycles. The molecule has 34 heavy (non-hydrogen) atoms. The number of hydrogen-bond donors (Lipinski definition) is 3. The Morgan fingerprint density at radius 3 is 2.62 bits per heavy atom. The number of carbonyl (C=O) groups excluding carboxylic acids is 1. The summed E-state index contributed by atoms with van der Waals surface area (Å²) in [6.07, 6.45) is 1.98. The lowest BCUT2D eigenvalue weighted by atomic mass is 9.81. The average Bonchev–Trinajstić information content (AvgIpc) is 2.70. The Bertz CT molecular complexity index is 954. The number of rotatable bonds is 8. The topological polar surface area (TPSA) is 126 Å². The standard InChI is InChI=1S/C23H37N3O7S/c1-22(2,3)33-21(28)24-9-13-31-14-12-26-10-7-23(8-11-26)16-19(27)18-15-17(25-34(4,29)30)5-6-20(18)32-23/h5-6,15,19,25,27H,7-14,16H2,1-4H3,(H,24,28). The van der Waals surface area contributed by atoms with Gasteiger partial charge in [-0.05, 0) is 51.8 Å². The fourth-order valence-electron chi connectivity index (χ4n) is 4.24. The summed E-state index contributed by atoms with van der Waals surface area (Å²) in [4.78, 5) is 13.9. The van der Waals surface area contributed by atoms with Gasteiger partial charge >= 0.3 is 6.09 Å². The summed E-state index contributed by atoms with van der Waals surface area (Å²) in [6.45, 7) is 9.26. The van der Waals surface area contributed by atoms with Gasteiger partial charge in [0.25, 0.3) is 0 Å². The number of amides is 1. The lowest BCUT2D eigenvalue weighted by Gasteiger charge is -2.46. The molecule has 1 spiro atoms. The molecule has 0 saturated carbocycles. The highest BCUT2D eigenvalue weighted by Crippen LogP contribution is 2.45. The molecular weight excluding hydrogens is 462 g/mol. The number of carbonyl (C=O) groups is 1. The number of nitrogens with one attached hydrogen (secondary N) is 2. The van der Waals surface area contributed by atoms with E-state index in [0.717, 1.165) is 38.7 Å². The van der Waals surface area contributed by atoms with Crippen LogP contribution in [0.2, 0.25) is 0 Å². The van der Waals surface area contributed by atoms with Crippen molar-refractivity contribution in [3.05, 3.63) is 23.8 Å². The quantitative estimate of drug-likeness (QED) is 0.465. The van der Waals surface area contributed by atoms with E-state index in [1.165, 1.54) is 0 Å². The first-order valence-electron chi connectivity index (χ1n) is 11.6. The first kappa shape index (κ1) is 26.5. The maximum absolute atomic E-state index is 11.6. The van der Waals surface area contributed by atoms with Gasteiger partial charge in [0.15, 0.2) is 0 Å². The van der Waals surface area contributed by atoms with Crippen LogP contribution in [0.25, 0.3) is 0 Å². The Morgan fingerprint density at radius 1 is 1.26 bits per heavy atom. The van der Waals surface area contributed by atoms with Gasteiger partial charge < -0.3 is 29.5 Å². The Kier molecular flexibility index (Phi) is 8.33. The van der Waals surface area contributed by atoms with E-state index in [9.17, 15) is 18.3 Å². The van der Waals surface area contributed by atoms with Crippen LogP contribution < -0.4 is 14.8 Å². The number of benzene rings is 1. The molecule has 1 aromatic carbocycles. The van der Waals surface area contributed by atoms with Crippen LogP contribution >= 0.6 is 0 Å². The molecule has 0 radical (unpaired) electrons. The van der Waals surface area contributed by atoms with Gasteiger partial charge in [0.1, 0.15) is 17.0 Å². The Balaban J connectivity index is 1.40. The lowest BCUT2D eigenvalue weighted by molar-refractivity contribution is -0.0566. The third-order valence-corrected chi connectivity index (χ3v) is 6.40. The van der Waals surface area contributed by atoms with Crippen molar-refractivity contribution in [2.24, 2.45) is 0 Å². The number of piperidine rings is 1. The number of nitrogens with zero attached hydrogens (tertiary/aromatic N) is 1. The van der Waals surface area contributed by atoms with E-state index < -0.39 is 33.4 Å². The van der Waals surface area contributed by atoms with Gasteiger partial charge in [-0.3, -0.25) is 4.72 Å². The molecule has 1 aromatic rings. The van der Waals surface area contributed by atoms with Crippen molar-refractivity contribution >= 4 is 21.8 Å². The van der Waals surface area contributed by atoms with Crippen molar-refractivity contribution < 1.29 is 32.5 Å². The van der Waals surface area contributed by atoms with Crippen molar-refractivity contribution in [2.75, 3.05) is 50.4 Å². The normalized spacial score (nSPS) is 20.3. The number of ether oxygens (including phenoxy) is 3. The van der Waals surface area contributed by atoms with Gasteiger partial charge in [-0.1, -0.05) is 0 Å². The van der Waals surface area contributed by atoms with Crippen molar-refractivity contribution in [2.45, 2.75) is 57.3 Å². The summed E-state index contributed by atoms with van der Waals surface area (Å²) >= 11 is 0. The first-order chi connectivity index (χ1) is 15.8. The van der Waals surface area contributed by atoms with E-state index in [1.807, 2.05) is 20.8 Å². The zero-order valence-electron chi connectivity index (χ0n) is 20.4. The van der Waals surface area contributed by atoms with Crippen LogP contribution in [0.1, 0.15) is 51.7 Å². The van der Waals surface area contributed by atoms with E-state index in [-0.39, 0.29) is 0 Å². The van der Waals surface area contributed by atoms with Crippen molar-refractivity contribution in [3.63, 3.8) is 0 Å². The van der Waals surface area contributed by atoms with Crippen LogP contribution in [-0.2, 0) is 19.5 Å². The van der Waals surface area contributed by atoms with Crippen molar-refractivity contribution in [1.82, 2.24) is 10.2 Å². The van der Waals surface area contributed by atoms with Gasteiger partial charge in [0.2, 0.25) is 10.0 Å². The number of likely N-dealkylation sites (tertiary alicyclic amines) is 1. The number of fused-ring (bicyclic) bond motifs is 1. The van der Waals surface area contributed by atoms with E-state index in [1.54, 1.807) is 18.2 Å². The molecule has 11 heteroatoms. The highest BCUT2D eigenvalue weighted by atomic mass is 32.2. The van der Waals surface area contributed by atoms with Gasteiger partial charge in [-0.2, -0.15) is 0 Å². The van der Waals surface area contributed by atoms with Crippen LogP contribution in [0.4, 0.5) is 10.5 Å². The summed E-state index contributed by atoms with van der Waals surface area (Å²) in [7, 11) is -3.39. The third-order valence-electron chi connectivity index (χ3n) is 5.80. The van der Waals surface area contributed by atoms with E-state index in [4.69, 9.17) is 14.2 Å². The molecule has 0 aromatic heterocycles. The van der Waals surface area contributed by atoms with Gasteiger partial charge in [0, 0.05) is 43.9 Å². The third kappa shape index (κ3) is 8.00. The molecular formula is C23H37N3O7S. The summed E-state index contributed by atoms with van der Waals surface area (Å²) in [5.74, 6) is 0.604. The second-order valence-corrected chi connectivity index (χ2v) is 11.8. The molecule has 1 fully saturated rings. The van der Waals surface area contributed by atoms with Crippen LogP contribution in [0.3, 0.4) is 0 Å². The van der Waals surface area contributed by atoms with E-state index >= 15 is 0 Å². The minimum absolute atomic E-state index is 0.393. The Labute approximate surface area is 202 Å². The number of aliphatic hydroxyl groups is 1. The maximum Gasteiger partial charge on any atom is 0.407 e. The number of anilines is 1. The minimum atomic E-state index is -3.39. The predicted octanol–water partition coefficient (Wildman–Crippen LogP) is 2.25. The zero-order valence-corrected chi connectivity index (χ0v) is 21.2. The summed E-state index contributed by atoms with van der Waals surface area (Å²) in [5.41, 5.74) is 0.0770. The molecule has 3 rings (SSSR count). The first-order valence-corrected chi connectivity index (χ1v) is 13.5. The molecule has 1 amide bonds. The van der Waals surface area contributed by atoms with Gasteiger partial charge in [-0.25, -0.2) is 13.2 Å². The summed E-state index contributed by atoms with van der Waals surface area (Å²) < 4.78 is 42.5. The molecule has 1 atom stereocenters. The maximum atomic E-state index is 11.6. The Morgan fingerprint density at radius 2 is 1.97 bits per heavy atom. The van der Waals surface area contributed by atoms with E-state index in [0.29, 0.717) is 43.2 Å². The molecule has 2 aliphatic rings. The molecule has 1 unspecified atom stereocenters. The minimum Gasteiger partial charge on any atom is -0.487 e. The molecule has 0 bridgehead atoms. The molecule has 192 valence electrons. The second kappa shape index (κ2) is 10.7. The molecule has 10 nitrogen and oxygen atoms in total. The van der Waals surface area contributed by atoms with Crippen LogP contribution in [0.5, 0.6) is 5.75 Å². The Hall–Kier alpha value is -2.08. The number of sulfonamides is 1. The monoisotopic (exact) mass is 499 g/mol. The van der Waals surface area contributed by atoms with Crippen LogP contribution in [0.15, 0.2) is 18.2 Å². The fourth-order valence-corrected chi connectivity index (χ4v) is 4.80. The zero-order chi connectivity index (χ0) is 25.0. The molecule has 2 aliphatic heterocycles. The highest BCUT2D eigenvalue weighted by molar-refractivity contribution is 7.92. The largest absolute Gasteiger partial charge is 0.487 e. The molecule has 1 saturated heterocycles. The van der Waals surface area contributed by atoms with Gasteiger partial charge in [-0.15, -0.1) is 0 Å². The number of alkyl carbamates (subject to hydrolysis) is 1. The summed E-state index contributed by atoms with van der Waals surface area (Å²) in [5, 5.41) is 13.4. The number of hydrogen-bond acceptors (Lipinski definition) is 8. The van der Waals surface area contributed by atoms with Gasteiger partial charge in [0.05, 0.1) is 25.6 Å². The average molecular weight is 500 g/mol.